The van der Waals surface area contributed by atoms with Gasteiger partial charge in [-0.25, -0.2) is 0 Å². The second-order valence-corrected chi connectivity index (χ2v) is 9.00. The van der Waals surface area contributed by atoms with Crippen molar-refractivity contribution in [3.05, 3.63) is 0 Å². The summed E-state index contributed by atoms with van der Waals surface area (Å²) in [7, 11) is -2.81. The molecule has 8 nitrogen and oxygen atoms in total. The molecular weight excluding hydrogens is 442 g/mol. The fraction of sp³-hybridized carbons (Fsp3) is 0.864. The van der Waals surface area contributed by atoms with Crippen molar-refractivity contribution in [2.24, 2.45) is 0 Å². The highest BCUT2D eigenvalue weighted by Crippen LogP contribution is 2.19. The molecule has 0 radical (unpaired) electrons. The molecule has 1 N–H and O–H groups in total. The number of thioether (sulfide) groups is 1. The predicted octanol–water partition coefficient (Wildman–Crippen LogP) is 6.65. The van der Waals surface area contributed by atoms with E-state index in [9.17, 15) is 0 Å². The summed E-state index contributed by atoms with van der Waals surface area (Å²) < 4.78 is 17.6. The number of nitrogens with one attached hydrogen (secondary N) is 1. The van der Waals surface area contributed by atoms with E-state index >= 15 is 0 Å². The number of anilines is 2. The van der Waals surface area contributed by atoms with E-state index in [1.165, 1.54) is 0 Å². The van der Waals surface area contributed by atoms with Crippen LogP contribution in [0, 0.1) is 0 Å². The number of hydrogen-bond acceptors (Lipinski definition) is 9. The summed E-state index contributed by atoms with van der Waals surface area (Å²) in [4.78, 5) is 15.8. The van der Waals surface area contributed by atoms with E-state index in [1.807, 2.05) is 20.8 Å². The molecule has 0 bridgehead atoms. The van der Waals surface area contributed by atoms with Crippen molar-refractivity contribution in [2.75, 3.05) is 55.0 Å². The van der Waals surface area contributed by atoms with Crippen LogP contribution in [0.2, 0.25) is 0 Å². The largest absolute Gasteiger partial charge is 0.521 e. The summed E-state index contributed by atoms with van der Waals surface area (Å²) in [6.07, 6.45) is 0.417. The minimum Gasteiger partial charge on any atom is -0.373 e. The first kappa shape index (κ1) is 44.7. The Labute approximate surface area is 207 Å². The molecule has 0 atom stereocenters. The predicted molar refractivity (Wildman–Crippen MR) is 149 cm³/mol. The summed E-state index contributed by atoms with van der Waals surface area (Å²) >= 11 is 1.59. The van der Waals surface area contributed by atoms with Crippen molar-refractivity contribution >= 4 is 32.5 Å². The molecule has 0 saturated carbocycles. The highest BCUT2D eigenvalue weighted by Gasteiger charge is 2.40. The normalized spacial score (nSPS) is 9.44. The topological polar surface area (TPSA) is 81.6 Å². The van der Waals surface area contributed by atoms with Crippen LogP contribution < -0.4 is 10.2 Å². The molecule has 0 aliphatic rings. The molecule has 0 saturated heterocycles. The van der Waals surface area contributed by atoms with E-state index in [-0.39, 0.29) is 44.6 Å². The maximum Gasteiger partial charge on any atom is 0.521 e. The Bertz CT molecular complexity index is 509. The van der Waals surface area contributed by atoms with Gasteiger partial charge in [0.2, 0.25) is 11.9 Å². The van der Waals surface area contributed by atoms with Crippen molar-refractivity contribution in [2.45, 2.75) is 91.3 Å². The summed E-state index contributed by atoms with van der Waals surface area (Å²) in [5.74, 6) is 2.10. The van der Waals surface area contributed by atoms with Crippen molar-refractivity contribution in [1.82, 2.24) is 15.0 Å². The van der Waals surface area contributed by atoms with Crippen molar-refractivity contribution in [3.63, 3.8) is 0 Å². The average Bonchev–Trinajstić information content (AvgIpc) is 2.62. The molecule has 0 aromatic carbocycles. The third kappa shape index (κ3) is 14.3. The third-order valence-electron chi connectivity index (χ3n) is 3.48. The molecule has 32 heavy (non-hydrogen) atoms. The molecule has 1 aromatic heterocycles. The van der Waals surface area contributed by atoms with Gasteiger partial charge in [0.25, 0.3) is 0 Å². The van der Waals surface area contributed by atoms with Gasteiger partial charge < -0.3 is 23.5 Å². The molecular formula is C22H57N5O3SSi. The van der Waals surface area contributed by atoms with E-state index in [4.69, 9.17) is 13.3 Å². The van der Waals surface area contributed by atoms with Gasteiger partial charge >= 0.3 is 8.80 Å². The Kier molecular flexibility index (Phi) is 34.5. The van der Waals surface area contributed by atoms with Gasteiger partial charge in [-0.2, -0.15) is 15.0 Å². The molecule has 0 unspecified atom stereocenters. The van der Waals surface area contributed by atoms with Gasteiger partial charge in [0.05, 0.1) is 6.17 Å². The zero-order valence-electron chi connectivity index (χ0n) is 16.9. The molecule has 10 heteroatoms. The number of nitrogens with zero attached hydrogens (tertiary/aromatic N) is 4. The lowest BCUT2D eigenvalue weighted by atomic mass is 10.5. The van der Waals surface area contributed by atoms with Crippen LogP contribution in [-0.2, 0) is 13.3 Å². The van der Waals surface area contributed by atoms with Crippen LogP contribution in [-0.4, -0.2) is 68.6 Å². The van der Waals surface area contributed by atoms with Crippen molar-refractivity contribution < 1.29 is 13.3 Å². The van der Waals surface area contributed by atoms with E-state index < -0.39 is 8.80 Å². The monoisotopic (exact) mass is 499 g/mol. The molecule has 0 aliphatic carbocycles. The molecule has 0 fully saturated rings. The van der Waals surface area contributed by atoms with E-state index in [1.54, 1.807) is 11.8 Å². The van der Waals surface area contributed by atoms with Gasteiger partial charge in [-0.3, -0.25) is 0 Å². The second kappa shape index (κ2) is 24.7. The van der Waals surface area contributed by atoms with Gasteiger partial charge in [0.15, 0.2) is 5.16 Å². The van der Waals surface area contributed by atoms with Crippen LogP contribution >= 0.6 is 11.8 Å². The van der Waals surface area contributed by atoms with Gasteiger partial charge in [0, 0.05) is 32.9 Å². The first-order valence-electron chi connectivity index (χ1n) is 9.37. The molecule has 0 aliphatic heterocycles. The van der Waals surface area contributed by atoms with E-state index in [2.05, 4.69) is 45.9 Å². The van der Waals surface area contributed by atoms with Gasteiger partial charge in [-0.1, -0.05) is 63.2 Å². The lowest BCUT2D eigenvalue weighted by Crippen LogP contribution is -2.52. The SMILES string of the molecule is C.C.C.C.C.C.CCO[Si](CNc1nc(SCC)nc(N(CC)CC)n1)(OCC)OCC. The first-order chi connectivity index (χ1) is 12.6. The molecule has 198 valence electrons. The number of rotatable bonds is 14. The van der Waals surface area contributed by atoms with Crippen molar-refractivity contribution in [3.8, 4) is 0 Å². The minimum atomic E-state index is -2.81. The van der Waals surface area contributed by atoms with Crippen LogP contribution in [0.4, 0.5) is 11.9 Å². The van der Waals surface area contributed by atoms with E-state index in [0.29, 0.717) is 43.0 Å². The fourth-order valence-electron chi connectivity index (χ4n) is 2.39. The Morgan fingerprint density at radius 1 is 0.750 bits per heavy atom. The number of hydrogen-bond donors (Lipinski definition) is 1. The standard InChI is InChI=1S/C16H33N5O3SSi.6CH4/c1-7-21(8-2)15-18-14(19-16(20-15)25-12-6)17-13-26(22-9-3,23-10-4)24-11-5;;;;;;/h7-13H2,1-6H3,(H,17,18,19,20);6*1H4. The van der Waals surface area contributed by atoms with E-state index in [0.717, 1.165) is 18.8 Å². The van der Waals surface area contributed by atoms with Crippen LogP contribution in [0.15, 0.2) is 5.16 Å². The Hall–Kier alpha value is -0.943. The first-order valence-corrected chi connectivity index (χ1v) is 12.3. The zero-order chi connectivity index (χ0) is 19.4. The highest BCUT2D eigenvalue weighted by atomic mass is 32.2. The molecule has 0 amide bonds. The van der Waals surface area contributed by atoms with Gasteiger partial charge in [0.1, 0.15) is 0 Å². The maximum atomic E-state index is 5.88. The summed E-state index contributed by atoms with van der Waals surface area (Å²) in [5, 5.41) is 3.98. The van der Waals surface area contributed by atoms with Crippen molar-refractivity contribution in [1.29, 1.82) is 0 Å². The van der Waals surface area contributed by atoms with Crippen LogP contribution in [0.5, 0.6) is 0 Å². The lowest BCUT2D eigenvalue weighted by Gasteiger charge is -2.28. The Morgan fingerprint density at radius 3 is 1.59 bits per heavy atom. The van der Waals surface area contributed by atoms with Crippen LogP contribution in [0.25, 0.3) is 0 Å². The second-order valence-electron chi connectivity index (χ2n) is 5.18. The quantitative estimate of drug-likeness (QED) is 0.223. The van der Waals surface area contributed by atoms with Gasteiger partial charge in [-0.15, -0.1) is 0 Å². The maximum absolute atomic E-state index is 5.88. The zero-order valence-corrected chi connectivity index (χ0v) is 18.7. The summed E-state index contributed by atoms with van der Waals surface area (Å²) in [5.41, 5.74) is 0. The molecule has 1 rings (SSSR count). The average molecular weight is 500 g/mol. The molecule has 1 aromatic rings. The molecule has 0 spiro atoms. The van der Waals surface area contributed by atoms with Crippen LogP contribution in [0.1, 0.15) is 86.1 Å². The Balaban J connectivity index is -0.000000282. The smallest absolute Gasteiger partial charge is 0.373 e. The Morgan fingerprint density at radius 2 is 1.22 bits per heavy atom. The third-order valence-corrected chi connectivity index (χ3v) is 7.00. The highest BCUT2D eigenvalue weighted by molar-refractivity contribution is 7.99. The number of aromatic nitrogens is 3. The lowest BCUT2D eigenvalue weighted by molar-refractivity contribution is 0.0740. The summed E-state index contributed by atoms with van der Waals surface area (Å²) in [6.45, 7) is 15.4. The fourth-order valence-corrected chi connectivity index (χ4v) is 5.20. The summed E-state index contributed by atoms with van der Waals surface area (Å²) in [6, 6.07) is 0. The van der Waals surface area contributed by atoms with Crippen LogP contribution in [0.3, 0.4) is 0 Å². The minimum absolute atomic E-state index is 0. The molecule has 1 heterocycles. The van der Waals surface area contributed by atoms with Gasteiger partial charge in [-0.05, 0) is 40.4 Å².